The molecule has 0 aliphatic heterocycles. The molecular formula is C23H16BrN. The zero-order valence-corrected chi connectivity index (χ0v) is 15.1. The van der Waals surface area contributed by atoms with Crippen LogP contribution in [-0.4, -0.2) is 4.98 Å². The van der Waals surface area contributed by atoms with E-state index in [0.29, 0.717) is 0 Å². The van der Waals surface area contributed by atoms with Gasteiger partial charge in [0.25, 0.3) is 0 Å². The summed E-state index contributed by atoms with van der Waals surface area (Å²) in [6.45, 7) is 0. The SMILES string of the molecule is Brc1ccccc1-c1ccc(-c2ccccn2)cc1-c1ccccc1. The number of hydrogen-bond donors (Lipinski definition) is 0. The first kappa shape index (κ1) is 15.8. The molecule has 0 unspecified atom stereocenters. The molecule has 0 atom stereocenters. The van der Waals surface area contributed by atoms with Crippen LogP contribution in [0.5, 0.6) is 0 Å². The molecule has 0 radical (unpaired) electrons. The van der Waals surface area contributed by atoms with Crippen LogP contribution in [-0.2, 0) is 0 Å². The van der Waals surface area contributed by atoms with Crippen LogP contribution in [0.15, 0.2) is 102 Å². The molecule has 0 saturated carbocycles. The van der Waals surface area contributed by atoms with Crippen molar-refractivity contribution in [3.63, 3.8) is 0 Å². The summed E-state index contributed by atoms with van der Waals surface area (Å²) in [6.07, 6.45) is 1.83. The van der Waals surface area contributed by atoms with Gasteiger partial charge in [0, 0.05) is 16.2 Å². The predicted molar refractivity (Wildman–Crippen MR) is 108 cm³/mol. The van der Waals surface area contributed by atoms with Crippen molar-refractivity contribution in [3.8, 4) is 33.5 Å². The van der Waals surface area contributed by atoms with Crippen molar-refractivity contribution in [2.75, 3.05) is 0 Å². The van der Waals surface area contributed by atoms with Crippen molar-refractivity contribution in [2.45, 2.75) is 0 Å². The molecule has 0 aliphatic rings. The summed E-state index contributed by atoms with van der Waals surface area (Å²) in [5.41, 5.74) is 6.91. The van der Waals surface area contributed by atoms with Crippen molar-refractivity contribution in [3.05, 3.63) is 102 Å². The number of nitrogens with zero attached hydrogens (tertiary/aromatic N) is 1. The Kier molecular flexibility index (Phi) is 4.45. The van der Waals surface area contributed by atoms with Gasteiger partial charge in [-0.1, -0.05) is 82.7 Å². The highest BCUT2D eigenvalue weighted by molar-refractivity contribution is 9.10. The van der Waals surface area contributed by atoms with E-state index in [1.54, 1.807) is 0 Å². The third kappa shape index (κ3) is 3.26. The molecule has 1 heterocycles. The molecule has 4 aromatic rings. The van der Waals surface area contributed by atoms with Crippen molar-refractivity contribution >= 4 is 15.9 Å². The van der Waals surface area contributed by atoms with E-state index in [0.717, 1.165) is 15.7 Å². The third-order valence-corrected chi connectivity index (χ3v) is 4.92. The fourth-order valence-corrected chi connectivity index (χ4v) is 3.51. The summed E-state index contributed by atoms with van der Waals surface area (Å²) in [6, 6.07) is 31.4. The zero-order valence-electron chi connectivity index (χ0n) is 13.6. The van der Waals surface area contributed by atoms with Gasteiger partial charge in [0.2, 0.25) is 0 Å². The molecular weight excluding hydrogens is 370 g/mol. The van der Waals surface area contributed by atoms with Crippen LogP contribution in [0.4, 0.5) is 0 Å². The molecule has 0 saturated heterocycles. The Bertz CT molecular complexity index is 995. The lowest BCUT2D eigenvalue weighted by Crippen LogP contribution is -1.89. The topological polar surface area (TPSA) is 12.9 Å². The molecule has 2 heteroatoms. The summed E-state index contributed by atoms with van der Waals surface area (Å²) in [5.74, 6) is 0. The predicted octanol–water partition coefficient (Wildman–Crippen LogP) is 6.85. The van der Waals surface area contributed by atoms with Crippen molar-refractivity contribution in [1.82, 2.24) is 4.98 Å². The third-order valence-electron chi connectivity index (χ3n) is 4.23. The van der Waals surface area contributed by atoms with Gasteiger partial charge in [-0.2, -0.15) is 0 Å². The van der Waals surface area contributed by atoms with E-state index in [1.807, 2.05) is 36.5 Å². The number of hydrogen-bond acceptors (Lipinski definition) is 1. The Hall–Kier alpha value is -2.71. The van der Waals surface area contributed by atoms with Gasteiger partial charge in [-0.25, -0.2) is 0 Å². The summed E-state index contributed by atoms with van der Waals surface area (Å²) in [7, 11) is 0. The smallest absolute Gasteiger partial charge is 0.0702 e. The van der Waals surface area contributed by atoms with Crippen molar-refractivity contribution in [1.29, 1.82) is 0 Å². The van der Waals surface area contributed by atoms with Crippen LogP contribution in [0.1, 0.15) is 0 Å². The maximum atomic E-state index is 4.49. The lowest BCUT2D eigenvalue weighted by molar-refractivity contribution is 1.33. The Balaban J connectivity index is 1.95. The van der Waals surface area contributed by atoms with Gasteiger partial charge in [-0.3, -0.25) is 4.98 Å². The van der Waals surface area contributed by atoms with Crippen LogP contribution in [0.2, 0.25) is 0 Å². The normalized spacial score (nSPS) is 10.6. The van der Waals surface area contributed by atoms with E-state index in [2.05, 4.69) is 81.6 Å². The molecule has 1 aromatic heterocycles. The van der Waals surface area contributed by atoms with Crippen molar-refractivity contribution < 1.29 is 0 Å². The summed E-state index contributed by atoms with van der Waals surface area (Å²) in [5, 5.41) is 0. The fraction of sp³-hybridized carbons (Fsp3) is 0. The highest BCUT2D eigenvalue weighted by Crippen LogP contribution is 2.38. The van der Waals surface area contributed by atoms with E-state index in [1.165, 1.54) is 22.3 Å². The minimum absolute atomic E-state index is 0.985. The number of benzene rings is 3. The van der Waals surface area contributed by atoms with Gasteiger partial charge < -0.3 is 0 Å². The molecule has 120 valence electrons. The average molecular weight is 386 g/mol. The van der Waals surface area contributed by atoms with Crippen molar-refractivity contribution in [2.24, 2.45) is 0 Å². The van der Waals surface area contributed by atoms with E-state index in [9.17, 15) is 0 Å². The van der Waals surface area contributed by atoms with Crippen LogP contribution >= 0.6 is 15.9 Å². The molecule has 4 rings (SSSR count). The monoisotopic (exact) mass is 385 g/mol. The van der Waals surface area contributed by atoms with E-state index >= 15 is 0 Å². The first-order chi connectivity index (χ1) is 12.3. The molecule has 0 bridgehead atoms. The molecule has 0 spiro atoms. The molecule has 0 N–H and O–H groups in total. The minimum Gasteiger partial charge on any atom is -0.256 e. The zero-order chi connectivity index (χ0) is 17.1. The highest BCUT2D eigenvalue weighted by atomic mass is 79.9. The summed E-state index contributed by atoms with van der Waals surface area (Å²) in [4.78, 5) is 4.49. The van der Waals surface area contributed by atoms with Gasteiger partial charge in [0.15, 0.2) is 0 Å². The van der Waals surface area contributed by atoms with E-state index < -0.39 is 0 Å². The Labute approximate surface area is 156 Å². The number of aromatic nitrogens is 1. The quantitative estimate of drug-likeness (QED) is 0.375. The summed E-state index contributed by atoms with van der Waals surface area (Å²) >= 11 is 3.69. The Morgan fingerprint density at radius 2 is 1.32 bits per heavy atom. The molecule has 25 heavy (non-hydrogen) atoms. The molecule has 3 aromatic carbocycles. The standard InChI is InChI=1S/C23H16BrN/c24-22-11-5-4-10-20(22)19-14-13-18(23-12-6-7-15-25-23)16-21(19)17-8-2-1-3-9-17/h1-16H. The van der Waals surface area contributed by atoms with Gasteiger partial charge in [0.1, 0.15) is 0 Å². The lowest BCUT2D eigenvalue weighted by Gasteiger charge is -2.14. The second-order valence-electron chi connectivity index (χ2n) is 5.82. The van der Waals surface area contributed by atoms with Crippen LogP contribution in [0.25, 0.3) is 33.5 Å². The molecule has 0 amide bonds. The first-order valence-electron chi connectivity index (χ1n) is 8.19. The molecule has 0 aliphatic carbocycles. The Morgan fingerprint density at radius 1 is 0.560 bits per heavy atom. The minimum atomic E-state index is 0.985. The Morgan fingerprint density at radius 3 is 2.08 bits per heavy atom. The number of rotatable bonds is 3. The number of halogens is 1. The van der Waals surface area contributed by atoms with Gasteiger partial charge >= 0.3 is 0 Å². The molecule has 1 nitrogen and oxygen atoms in total. The van der Waals surface area contributed by atoms with Gasteiger partial charge in [-0.05, 0) is 46.5 Å². The van der Waals surface area contributed by atoms with Gasteiger partial charge in [-0.15, -0.1) is 0 Å². The second kappa shape index (κ2) is 7.04. The molecule has 0 fully saturated rings. The first-order valence-corrected chi connectivity index (χ1v) is 8.98. The second-order valence-corrected chi connectivity index (χ2v) is 6.68. The maximum Gasteiger partial charge on any atom is 0.0702 e. The maximum absolute atomic E-state index is 4.49. The fourth-order valence-electron chi connectivity index (χ4n) is 3.01. The van der Waals surface area contributed by atoms with E-state index in [-0.39, 0.29) is 0 Å². The van der Waals surface area contributed by atoms with Crippen LogP contribution in [0, 0.1) is 0 Å². The largest absolute Gasteiger partial charge is 0.256 e. The highest BCUT2D eigenvalue weighted by Gasteiger charge is 2.12. The summed E-state index contributed by atoms with van der Waals surface area (Å²) < 4.78 is 1.10. The van der Waals surface area contributed by atoms with Crippen LogP contribution < -0.4 is 0 Å². The average Bonchev–Trinajstić information content (AvgIpc) is 2.69. The van der Waals surface area contributed by atoms with Crippen LogP contribution in [0.3, 0.4) is 0 Å². The van der Waals surface area contributed by atoms with Gasteiger partial charge in [0.05, 0.1) is 5.69 Å². The number of pyridine rings is 1. The van der Waals surface area contributed by atoms with E-state index in [4.69, 9.17) is 0 Å². The lowest BCUT2D eigenvalue weighted by atomic mass is 9.92.